The predicted molar refractivity (Wildman–Crippen MR) is 94.2 cm³/mol. The number of nitrogens with one attached hydrogen (secondary N) is 2. The molecule has 2 aromatic carbocycles. The summed E-state index contributed by atoms with van der Waals surface area (Å²) < 4.78 is 27.7. The molecular weight excluding hydrogens is 324 g/mol. The number of benzene rings is 2. The zero-order chi connectivity index (χ0) is 17.6. The van der Waals surface area contributed by atoms with Crippen LogP contribution in [0.1, 0.15) is 21.5 Å². The Morgan fingerprint density at radius 3 is 2.54 bits per heavy atom. The van der Waals surface area contributed by atoms with Gasteiger partial charge in [-0.1, -0.05) is 42.5 Å². The van der Waals surface area contributed by atoms with E-state index >= 15 is 0 Å². The first-order chi connectivity index (χ1) is 11.4. The monoisotopic (exact) mass is 344 g/mol. The molecule has 126 valence electrons. The Balaban J connectivity index is 2.22. The van der Waals surface area contributed by atoms with Crippen LogP contribution in [0.3, 0.4) is 0 Å². The van der Waals surface area contributed by atoms with E-state index < -0.39 is 10.0 Å². The number of aryl methyl sites for hydroxylation is 1. The molecule has 24 heavy (non-hydrogen) atoms. The quantitative estimate of drug-likeness (QED) is 0.757. The lowest BCUT2D eigenvalue weighted by atomic mass is 10.1. The van der Waals surface area contributed by atoms with Crippen LogP contribution in [-0.2, 0) is 16.6 Å². The molecule has 0 heterocycles. The van der Waals surface area contributed by atoms with Crippen LogP contribution < -0.4 is 10.0 Å². The molecule has 0 unspecified atom stereocenters. The third-order valence-electron chi connectivity index (χ3n) is 3.46. The van der Waals surface area contributed by atoms with Gasteiger partial charge in [0.15, 0.2) is 0 Å². The summed E-state index contributed by atoms with van der Waals surface area (Å²) >= 11 is 0. The smallest absolute Gasteiger partial charge is 0.251 e. The predicted octanol–water partition coefficient (Wildman–Crippen LogP) is 2.39. The number of amides is 1. The van der Waals surface area contributed by atoms with E-state index in [1.54, 1.807) is 25.1 Å². The molecule has 2 N–H and O–H groups in total. The van der Waals surface area contributed by atoms with Gasteiger partial charge in [0, 0.05) is 18.7 Å². The molecule has 0 aliphatic rings. The first-order valence-corrected chi connectivity index (χ1v) is 8.95. The van der Waals surface area contributed by atoms with Crippen molar-refractivity contribution in [3.05, 3.63) is 77.9 Å². The fraction of sp³-hybridized carbons (Fsp3) is 0.167. The van der Waals surface area contributed by atoms with Crippen LogP contribution in [0.15, 0.2) is 66.1 Å². The van der Waals surface area contributed by atoms with Crippen LogP contribution in [0.2, 0.25) is 0 Å². The van der Waals surface area contributed by atoms with Crippen molar-refractivity contribution >= 4 is 15.9 Å². The highest BCUT2D eigenvalue weighted by molar-refractivity contribution is 7.89. The molecule has 0 aliphatic carbocycles. The van der Waals surface area contributed by atoms with Crippen molar-refractivity contribution < 1.29 is 13.2 Å². The first kappa shape index (κ1) is 17.9. The Morgan fingerprint density at radius 2 is 1.88 bits per heavy atom. The molecule has 5 nitrogen and oxygen atoms in total. The third-order valence-corrected chi connectivity index (χ3v) is 5.00. The minimum absolute atomic E-state index is 0.102. The summed E-state index contributed by atoms with van der Waals surface area (Å²) in [6.45, 7) is 5.74. The summed E-state index contributed by atoms with van der Waals surface area (Å²) in [5, 5.41) is 2.63. The summed E-state index contributed by atoms with van der Waals surface area (Å²) in [5.74, 6) is -0.339. The maximum absolute atomic E-state index is 12.6. The Bertz CT molecular complexity index is 831. The van der Waals surface area contributed by atoms with Gasteiger partial charge in [0.25, 0.3) is 5.91 Å². The van der Waals surface area contributed by atoms with Crippen molar-refractivity contribution in [2.24, 2.45) is 0 Å². The molecule has 0 spiro atoms. The van der Waals surface area contributed by atoms with Crippen molar-refractivity contribution in [3.63, 3.8) is 0 Å². The highest BCUT2D eigenvalue weighted by Gasteiger charge is 2.18. The van der Waals surface area contributed by atoms with E-state index in [1.165, 1.54) is 6.07 Å². The zero-order valence-electron chi connectivity index (χ0n) is 13.5. The van der Waals surface area contributed by atoms with Gasteiger partial charge in [0.2, 0.25) is 10.0 Å². The van der Waals surface area contributed by atoms with Gasteiger partial charge in [-0.05, 0) is 30.2 Å². The first-order valence-electron chi connectivity index (χ1n) is 7.47. The number of carbonyl (C=O) groups is 1. The summed E-state index contributed by atoms with van der Waals surface area (Å²) in [7, 11) is -3.72. The lowest BCUT2D eigenvalue weighted by Crippen LogP contribution is -2.26. The number of hydrogen-bond acceptors (Lipinski definition) is 3. The zero-order valence-corrected chi connectivity index (χ0v) is 14.3. The van der Waals surface area contributed by atoms with E-state index in [-0.39, 0.29) is 17.3 Å². The van der Waals surface area contributed by atoms with Gasteiger partial charge >= 0.3 is 0 Å². The third kappa shape index (κ3) is 4.53. The molecular formula is C18H20N2O3S. The molecule has 0 saturated heterocycles. The Labute approximate surface area is 142 Å². The maximum Gasteiger partial charge on any atom is 0.251 e. The molecule has 0 fully saturated rings. The largest absolute Gasteiger partial charge is 0.349 e. The van der Waals surface area contributed by atoms with E-state index in [0.29, 0.717) is 17.7 Å². The Hall–Kier alpha value is -2.44. The van der Waals surface area contributed by atoms with Crippen molar-refractivity contribution in [2.75, 3.05) is 6.54 Å². The van der Waals surface area contributed by atoms with Gasteiger partial charge in [0.05, 0.1) is 4.90 Å². The molecule has 1 amide bonds. The van der Waals surface area contributed by atoms with Crippen LogP contribution in [-0.4, -0.2) is 20.9 Å². The second-order valence-electron chi connectivity index (χ2n) is 5.29. The van der Waals surface area contributed by atoms with Gasteiger partial charge in [-0.25, -0.2) is 13.1 Å². The van der Waals surface area contributed by atoms with Gasteiger partial charge in [-0.15, -0.1) is 6.58 Å². The normalized spacial score (nSPS) is 11.0. The fourth-order valence-corrected chi connectivity index (χ4v) is 3.44. The van der Waals surface area contributed by atoms with Crippen LogP contribution in [0.4, 0.5) is 0 Å². The fourth-order valence-electron chi connectivity index (χ4n) is 2.15. The molecule has 2 rings (SSSR count). The Morgan fingerprint density at radius 1 is 1.17 bits per heavy atom. The summed E-state index contributed by atoms with van der Waals surface area (Å²) in [4.78, 5) is 12.1. The van der Waals surface area contributed by atoms with E-state index in [1.807, 2.05) is 30.3 Å². The number of hydrogen-bond donors (Lipinski definition) is 2. The van der Waals surface area contributed by atoms with Gasteiger partial charge in [0.1, 0.15) is 0 Å². The number of carbonyl (C=O) groups excluding carboxylic acids is 1. The average molecular weight is 344 g/mol. The van der Waals surface area contributed by atoms with Crippen LogP contribution >= 0.6 is 0 Å². The van der Waals surface area contributed by atoms with Crippen molar-refractivity contribution in [3.8, 4) is 0 Å². The van der Waals surface area contributed by atoms with Crippen molar-refractivity contribution in [2.45, 2.75) is 18.4 Å². The lowest BCUT2D eigenvalue weighted by molar-refractivity contribution is 0.0958. The van der Waals surface area contributed by atoms with E-state index in [4.69, 9.17) is 0 Å². The average Bonchev–Trinajstić information content (AvgIpc) is 2.59. The van der Waals surface area contributed by atoms with Crippen LogP contribution in [0, 0.1) is 6.92 Å². The van der Waals surface area contributed by atoms with Gasteiger partial charge in [-0.2, -0.15) is 0 Å². The van der Waals surface area contributed by atoms with Crippen LogP contribution in [0.25, 0.3) is 0 Å². The van der Waals surface area contributed by atoms with Crippen molar-refractivity contribution in [1.82, 2.24) is 10.0 Å². The lowest BCUT2D eigenvalue weighted by Gasteiger charge is -2.11. The van der Waals surface area contributed by atoms with E-state index in [9.17, 15) is 13.2 Å². The summed E-state index contributed by atoms with van der Waals surface area (Å²) in [5.41, 5.74) is 1.73. The molecule has 2 aromatic rings. The second kappa shape index (κ2) is 7.90. The summed E-state index contributed by atoms with van der Waals surface area (Å²) in [6, 6.07) is 13.9. The molecule has 0 aromatic heterocycles. The highest BCUT2D eigenvalue weighted by Crippen LogP contribution is 2.17. The second-order valence-corrected chi connectivity index (χ2v) is 7.02. The number of sulfonamides is 1. The molecule has 0 saturated carbocycles. The summed E-state index contributed by atoms with van der Waals surface area (Å²) in [6.07, 6.45) is 1.56. The van der Waals surface area contributed by atoms with Crippen molar-refractivity contribution in [1.29, 1.82) is 0 Å². The standard InChI is InChI=1S/C18H20N2O3S/c1-3-11-19-18(21)16-10-9-14(2)17(12-16)24(22,23)20-13-15-7-5-4-6-8-15/h3-10,12,20H,1,11,13H2,2H3,(H,19,21). The minimum atomic E-state index is -3.72. The maximum atomic E-state index is 12.6. The topological polar surface area (TPSA) is 75.3 Å². The Kier molecular flexibility index (Phi) is 5.89. The minimum Gasteiger partial charge on any atom is -0.349 e. The van der Waals surface area contributed by atoms with Gasteiger partial charge < -0.3 is 5.32 Å². The molecule has 6 heteroatoms. The van der Waals surface area contributed by atoms with E-state index in [2.05, 4.69) is 16.6 Å². The van der Waals surface area contributed by atoms with E-state index in [0.717, 1.165) is 5.56 Å². The highest BCUT2D eigenvalue weighted by atomic mass is 32.2. The SMILES string of the molecule is C=CCNC(=O)c1ccc(C)c(S(=O)(=O)NCc2ccccc2)c1. The molecule has 0 atom stereocenters. The van der Waals surface area contributed by atoms with Gasteiger partial charge in [-0.3, -0.25) is 4.79 Å². The molecule has 0 bridgehead atoms. The molecule has 0 aliphatic heterocycles. The van der Waals surface area contributed by atoms with Crippen LogP contribution in [0.5, 0.6) is 0 Å². The number of rotatable bonds is 7. The molecule has 0 radical (unpaired) electrons.